The second-order valence-corrected chi connectivity index (χ2v) is 4.99. The topological polar surface area (TPSA) is 58.6 Å². The van der Waals surface area contributed by atoms with Gasteiger partial charge in [0.15, 0.2) is 0 Å². The molecule has 1 aromatic carbocycles. The van der Waals surface area contributed by atoms with E-state index in [1.165, 1.54) is 0 Å². The van der Waals surface area contributed by atoms with Gasteiger partial charge in [-0.1, -0.05) is 26.8 Å². The lowest BCUT2D eigenvalue weighted by atomic mass is 10.1. The minimum Gasteiger partial charge on any atom is -0.493 e. The molecule has 0 heterocycles. The van der Waals surface area contributed by atoms with Gasteiger partial charge in [0.05, 0.1) is 19.3 Å². The molecule has 0 unspecified atom stereocenters. The summed E-state index contributed by atoms with van der Waals surface area (Å²) in [5.41, 5.74) is 0.549. The number of carbonyl (C=O) groups is 1. The van der Waals surface area contributed by atoms with Crippen molar-refractivity contribution >= 4 is 5.91 Å². The molecule has 4 heteroatoms. The summed E-state index contributed by atoms with van der Waals surface area (Å²) < 4.78 is 5.59. The first kappa shape index (κ1) is 15.5. The summed E-state index contributed by atoms with van der Waals surface area (Å²) in [5, 5.41) is 11.9. The highest BCUT2D eigenvalue weighted by Gasteiger charge is 2.11. The molecule has 0 aliphatic rings. The smallest absolute Gasteiger partial charge is 0.251 e. The van der Waals surface area contributed by atoms with Gasteiger partial charge in [-0.05, 0) is 30.5 Å². The lowest BCUT2D eigenvalue weighted by Crippen LogP contribution is -2.36. The predicted molar refractivity (Wildman–Crippen MR) is 75.4 cm³/mol. The molecular formula is C15H23NO3. The van der Waals surface area contributed by atoms with Crippen molar-refractivity contribution in [3.05, 3.63) is 29.8 Å². The molecule has 0 aliphatic carbocycles. The quantitative estimate of drug-likeness (QED) is 0.794. The number of carbonyl (C=O) groups excluding carboxylic acids is 1. The fourth-order valence-corrected chi connectivity index (χ4v) is 1.54. The molecule has 0 bridgehead atoms. The molecule has 0 saturated carbocycles. The van der Waals surface area contributed by atoms with Crippen LogP contribution in [0.2, 0.25) is 0 Å². The first-order valence-electron chi connectivity index (χ1n) is 6.71. The lowest BCUT2D eigenvalue weighted by molar-refractivity contribution is 0.0914. The van der Waals surface area contributed by atoms with Crippen molar-refractivity contribution in [3.63, 3.8) is 0 Å². The molecule has 1 atom stereocenters. The molecule has 0 aromatic heterocycles. The second-order valence-electron chi connectivity index (χ2n) is 4.99. The van der Waals surface area contributed by atoms with Crippen LogP contribution in [0.15, 0.2) is 24.3 Å². The summed E-state index contributed by atoms with van der Waals surface area (Å²) in [6.07, 6.45) is 0.700. The van der Waals surface area contributed by atoms with E-state index in [-0.39, 0.29) is 18.6 Å². The number of benzene rings is 1. The van der Waals surface area contributed by atoms with Crippen LogP contribution in [0.3, 0.4) is 0 Å². The maximum absolute atomic E-state index is 12.0. The predicted octanol–water partition coefficient (Wildman–Crippen LogP) is 2.22. The van der Waals surface area contributed by atoms with E-state index in [0.717, 1.165) is 0 Å². The number of rotatable bonds is 7. The number of hydrogen-bond acceptors (Lipinski definition) is 3. The Bertz CT molecular complexity index is 400. The number of amides is 1. The van der Waals surface area contributed by atoms with Crippen LogP contribution in [-0.4, -0.2) is 30.3 Å². The third-order valence-corrected chi connectivity index (χ3v) is 2.73. The average molecular weight is 265 g/mol. The van der Waals surface area contributed by atoms with Crippen LogP contribution in [0.1, 0.15) is 37.6 Å². The second kappa shape index (κ2) is 7.79. The molecule has 4 nitrogen and oxygen atoms in total. The Morgan fingerprint density at radius 3 is 2.74 bits per heavy atom. The van der Waals surface area contributed by atoms with Gasteiger partial charge in [-0.25, -0.2) is 0 Å². The van der Waals surface area contributed by atoms with E-state index in [2.05, 4.69) is 19.2 Å². The summed E-state index contributed by atoms with van der Waals surface area (Å²) in [6.45, 7) is 6.64. The van der Waals surface area contributed by atoms with Crippen LogP contribution in [0, 0.1) is 5.92 Å². The zero-order valence-electron chi connectivity index (χ0n) is 11.8. The van der Waals surface area contributed by atoms with E-state index in [1.54, 1.807) is 18.2 Å². The van der Waals surface area contributed by atoms with Crippen molar-refractivity contribution in [2.24, 2.45) is 5.92 Å². The molecule has 0 spiro atoms. The van der Waals surface area contributed by atoms with Gasteiger partial charge in [0.2, 0.25) is 0 Å². The molecule has 1 aromatic rings. The summed E-state index contributed by atoms with van der Waals surface area (Å²) in [5.74, 6) is 0.950. The molecule has 1 rings (SSSR count). The zero-order chi connectivity index (χ0) is 14.3. The van der Waals surface area contributed by atoms with E-state index < -0.39 is 0 Å². The normalized spacial score (nSPS) is 12.3. The maximum Gasteiger partial charge on any atom is 0.251 e. The van der Waals surface area contributed by atoms with Gasteiger partial charge >= 0.3 is 0 Å². The largest absolute Gasteiger partial charge is 0.493 e. The first-order valence-corrected chi connectivity index (χ1v) is 6.71. The van der Waals surface area contributed by atoms with Crippen molar-refractivity contribution in [2.45, 2.75) is 33.2 Å². The number of nitrogens with one attached hydrogen (secondary N) is 1. The maximum atomic E-state index is 12.0. The Morgan fingerprint density at radius 2 is 2.16 bits per heavy atom. The minimum absolute atomic E-state index is 0.0498. The highest BCUT2D eigenvalue weighted by atomic mass is 16.5. The lowest BCUT2D eigenvalue weighted by Gasteiger charge is -2.14. The number of aliphatic hydroxyl groups excluding tert-OH is 1. The van der Waals surface area contributed by atoms with Crippen molar-refractivity contribution in [1.82, 2.24) is 5.32 Å². The van der Waals surface area contributed by atoms with Crippen LogP contribution in [0.4, 0.5) is 0 Å². The molecule has 19 heavy (non-hydrogen) atoms. The van der Waals surface area contributed by atoms with E-state index in [9.17, 15) is 4.79 Å². The SMILES string of the molecule is CC[C@H](CO)NC(=O)c1cccc(OCC(C)C)c1. The van der Waals surface area contributed by atoms with Crippen LogP contribution < -0.4 is 10.1 Å². The molecule has 0 saturated heterocycles. The van der Waals surface area contributed by atoms with Crippen LogP contribution in [0.25, 0.3) is 0 Å². The Balaban J connectivity index is 2.67. The van der Waals surface area contributed by atoms with Crippen LogP contribution in [-0.2, 0) is 0 Å². The number of ether oxygens (including phenoxy) is 1. The zero-order valence-corrected chi connectivity index (χ0v) is 11.8. The number of hydrogen-bond donors (Lipinski definition) is 2. The fraction of sp³-hybridized carbons (Fsp3) is 0.533. The Labute approximate surface area is 114 Å². The molecule has 0 fully saturated rings. The average Bonchev–Trinajstić information content (AvgIpc) is 2.42. The summed E-state index contributed by atoms with van der Waals surface area (Å²) in [6, 6.07) is 6.89. The monoisotopic (exact) mass is 265 g/mol. The van der Waals surface area contributed by atoms with Gasteiger partial charge in [-0.15, -0.1) is 0 Å². The third-order valence-electron chi connectivity index (χ3n) is 2.73. The van der Waals surface area contributed by atoms with E-state index >= 15 is 0 Å². The van der Waals surface area contributed by atoms with Crippen molar-refractivity contribution in [1.29, 1.82) is 0 Å². The van der Waals surface area contributed by atoms with Crippen molar-refractivity contribution < 1.29 is 14.6 Å². The Hall–Kier alpha value is -1.55. The molecule has 2 N–H and O–H groups in total. The summed E-state index contributed by atoms with van der Waals surface area (Å²) >= 11 is 0. The van der Waals surface area contributed by atoms with Gasteiger partial charge in [0.1, 0.15) is 5.75 Å². The van der Waals surface area contributed by atoms with Gasteiger partial charge in [0, 0.05) is 5.56 Å². The first-order chi connectivity index (χ1) is 9.06. The van der Waals surface area contributed by atoms with Crippen molar-refractivity contribution in [2.75, 3.05) is 13.2 Å². The van der Waals surface area contributed by atoms with Crippen molar-refractivity contribution in [3.8, 4) is 5.75 Å². The summed E-state index contributed by atoms with van der Waals surface area (Å²) in [7, 11) is 0. The van der Waals surface area contributed by atoms with Gasteiger partial charge in [-0.2, -0.15) is 0 Å². The highest BCUT2D eigenvalue weighted by Crippen LogP contribution is 2.14. The van der Waals surface area contributed by atoms with E-state index in [1.807, 2.05) is 13.0 Å². The fourth-order valence-electron chi connectivity index (χ4n) is 1.54. The molecule has 1 amide bonds. The van der Waals surface area contributed by atoms with E-state index in [0.29, 0.717) is 30.3 Å². The Kier molecular flexibility index (Phi) is 6.36. The van der Waals surface area contributed by atoms with Gasteiger partial charge < -0.3 is 15.2 Å². The van der Waals surface area contributed by atoms with E-state index in [4.69, 9.17) is 9.84 Å². The highest BCUT2D eigenvalue weighted by molar-refractivity contribution is 5.94. The standard InChI is InChI=1S/C15H23NO3/c1-4-13(9-17)16-15(18)12-6-5-7-14(8-12)19-10-11(2)3/h5-8,11,13,17H,4,9-10H2,1-3H3,(H,16,18)/t13-/m1/s1. The molecule has 106 valence electrons. The molecular weight excluding hydrogens is 242 g/mol. The minimum atomic E-state index is -0.201. The Morgan fingerprint density at radius 1 is 1.42 bits per heavy atom. The molecule has 0 radical (unpaired) electrons. The number of aliphatic hydroxyl groups is 1. The summed E-state index contributed by atoms with van der Waals surface area (Å²) in [4.78, 5) is 12.0. The van der Waals surface area contributed by atoms with Gasteiger partial charge in [0.25, 0.3) is 5.91 Å². The molecule has 0 aliphatic heterocycles. The third kappa shape index (κ3) is 5.30. The van der Waals surface area contributed by atoms with Crippen LogP contribution in [0.5, 0.6) is 5.75 Å². The van der Waals surface area contributed by atoms with Crippen LogP contribution >= 0.6 is 0 Å². The van der Waals surface area contributed by atoms with Gasteiger partial charge in [-0.3, -0.25) is 4.79 Å².